The maximum absolute atomic E-state index is 10.5. The second kappa shape index (κ2) is 7.99. The fourth-order valence-corrected chi connectivity index (χ4v) is 1.83. The SMILES string of the molecule is O=[N+]([O-])c1ccc(OC(O)CCCOc2ccccc2)cc1. The van der Waals surface area contributed by atoms with Crippen LogP contribution < -0.4 is 9.47 Å². The fraction of sp³-hybridized carbons (Fsp3) is 0.250. The first-order valence-electron chi connectivity index (χ1n) is 6.92. The van der Waals surface area contributed by atoms with Crippen LogP contribution in [-0.4, -0.2) is 22.9 Å². The molecule has 2 aromatic carbocycles. The number of nitro benzene ring substituents is 1. The molecule has 22 heavy (non-hydrogen) atoms. The molecule has 116 valence electrons. The van der Waals surface area contributed by atoms with Gasteiger partial charge in [-0.25, -0.2) is 0 Å². The molecular weight excluding hydrogens is 286 g/mol. The quantitative estimate of drug-likeness (QED) is 0.350. The number of nitrogens with zero attached hydrogens (tertiary/aromatic N) is 1. The Morgan fingerprint density at radius 2 is 1.73 bits per heavy atom. The van der Waals surface area contributed by atoms with Gasteiger partial charge in [0.05, 0.1) is 11.5 Å². The first kappa shape index (κ1) is 15.8. The topological polar surface area (TPSA) is 81.8 Å². The zero-order chi connectivity index (χ0) is 15.8. The highest BCUT2D eigenvalue weighted by Gasteiger charge is 2.08. The van der Waals surface area contributed by atoms with Crippen molar-refractivity contribution in [1.29, 1.82) is 0 Å². The number of hydrogen-bond acceptors (Lipinski definition) is 5. The Morgan fingerprint density at radius 1 is 1.05 bits per heavy atom. The van der Waals surface area contributed by atoms with Gasteiger partial charge in [0.1, 0.15) is 11.5 Å². The molecule has 0 aliphatic carbocycles. The van der Waals surface area contributed by atoms with Crippen LogP contribution in [0, 0.1) is 10.1 Å². The van der Waals surface area contributed by atoms with E-state index in [1.807, 2.05) is 30.3 Å². The number of para-hydroxylation sites is 1. The molecule has 1 N–H and O–H groups in total. The summed E-state index contributed by atoms with van der Waals surface area (Å²) in [6.45, 7) is 0.477. The van der Waals surface area contributed by atoms with Crippen LogP contribution in [0.2, 0.25) is 0 Å². The molecular formula is C16H17NO5. The van der Waals surface area contributed by atoms with Gasteiger partial charge in [-0.05, 0) is 30.7 Å². The van der Waals surface area contributed by atoms with Crippen molar-refractivity contribution in [3.8, 4) is 11.5 Å². The number of benzene rings is 2. The molecule has 0 spiro atoms. The van der Waals surface area contributed by atoms with E-state index in [0.29, 0.717) is 25.2 Å². The van der Waals surface area contributed by atoms with E-state index in [-0.39, 0.29) is 5.69 Å². The van der Waals surface area contributed by atoms with Gasteiger partial charge in [-0.3, -0.25) is 10.1 Å². The zero-order valence-electron chi connectivity index (χ0n) is 11.9. The van der Waals surface area contributed by atoms with Gasteiger partial charge in [-0.1, -0.05) is 18.2 Å². The van der Waals surface area contributed by atoms with Crippen LogP contribution in [-0.2, 0) is 0 Å². The molecule has 1 unspecified atom stereocenters. The molecule has 0 saturated heterocycles. The Hall–Kier alpha value is -2.60. The third kappa shape index (κ3) is 5.06. The van der Waals surface area contributed by atoms with E-state index in [1.165, 1.54) is 24.3 Å². The molecule has 0 aliphatic heterocycles. The van der Waals surface area contributed by atoms with Gasteiger partial charge < -0.3 is 14.6 Å². The highest BCUT2D eigenvalue weighted by atomic mass is 16.6. The van der Waals surface area contributed by atoms with Crippen molar-refractivity contribution >= 4 is 5.69 Å². The van der Waals surface area contributed by atoms with Crippen LogP contribution in [0.25, 0.3) is 0 Å². The Kier molecular flexibility index (Phi) is 5.73. The van der Waals surface area contributed by atoms with Gasteiger partial charge in [-0.15, -0.1) is 0 Å². The van der Waals surface area contributed by atoms with Crippen LogP contribution in [0.3, 0.4) is 0 Å². The normalized spacial score (nSPS) is 11.7. The van der Waals surface area contributed by atoms with Crippen LogP contribution in [0.4, 0.5) is 5.69 Å². The maximum Gasteiger partial charge on any atom is 0.269 e. The first-order valence-corrected chi connectivity index (χ1v) is 6.92. The van der Waals surface area contributed by atoms with Gasteiger partial charge >= 0.3 is 0 Å². The lowest BCUT2D eigenvalue weighted by molar-refractivity contribution is -0.384. The lowest BCUT2D eigenvalue weighted by Gasteiger charge is -2.13. The Morgan fingerprint density at radius 3 is 2.36 bits per heavy atom. The summed E-state index contributed by atoms with van der Waals surface area (Å²) in [4.78, 5) is 10.0. The molecule has 0 aromatic heterocycles. The zero-order valence-corrected chi connectivity index (χ0v) is 11.9. The lowest BCUT2D eigenvalue weighted by atomic mass is 10.3. The summed E-state index contributed by atoms with van der Waals surface area (Å²) in [6, 6.07) is 15.0. The van der Waals surface area contributed by atoms with Crippen molar-refractivity contribution in [1.82, 2.24) is 0 Å². The molecule has 0 aliphatic rings. The number of nitro groups is 1. The van der Waals surface area contributed by atoms with E-state index in [1.54, 1.807) is 0 Å². The molecule has 6 heteroatoms. The van der Waals surface area contributed by atoms with Gasteiger partial charge in [0.25, 0.3) is 5.69 Å². The minimum Gasteiger partial charge on any atom is -0.494 e. The van der Waals surface area contributed by atoms with Gasteiger partial charge in [-0.2, -0.15) is 0 Å². The monoisotopic (exact) mass is 303 g/mol. The van der Waals surface area contributed by atoms with E-state index in [9.17, 15) is 15.2 Å². The van der Waals surface area contributed by atoms with Crippen molar-refractivity contribution in [2.45, 2.75) is 19.1 Å². The summed E-state index contributed by atoms with van der Waals surface area (Å²) in [5, 5.41) is 20.3. The average molecular weight is 303 g/mol. The molecule has 6 nitrogen and oxygen atoms in total. The minimum atomic E-state index is -0.971. The van der Waals surface area contributed by atoms with Gasteiger partial charge in [0.2, 0.25) is 0 Å². The fourth-order valence-electron chi connectivity index (χ4n) is 1.83. The highest BCUT2D eigenvalue weighted by Crippen LogP contribution is 2.19. The van der Waals surface area contributed by atoms with Gasteiger partial charge in [0, 0.05) is 18.6 Å². The third-order valence-corrected chi connectivity index (χ3v) is 2.93. The summed E-state index contributed by atoms with van der Waals surface area (Å²) in [5.74, 6) is 1.18. The standard InChI is InChI=1S/C16H17NO5/c18-16(7-4-12-21-14-5-2-1-3-6-14)22-15-10-8-13(9-11-15)17(19)20/h1-3,5-6,8-11,16,18H,4,7,12H2. The van der Waals surface area contributed by atoms with Gasteiger partial charge in [0.15, 0.2) is 6.29 Å². The largest absolute Gasteiger partial charge is 0.494 e. The number of aliphatic hydroxyl groups excluding tert-OH is 1. The van der Waals surface area contributed by atoms with Crippen LogP contribution >= 0.6 is 0 Å². The smallest absolute Gasteiger partial charge is 0.269 e. The first-order chi connectivity index (χ1) is 10.6. The molecule has 0 saturated carbocycles. The highest BCUT2D eigenvalue weighted by molar-refractivity contribution is 5.36. The molecule has 0 heterocycles. The van der Waals surface area contributed by atoms with Crippen molar-refractivity contribution in [2.75, 3.05) is 6.61 Å². The number of rotatable bonds is 8. The predicted molar refractivity (Wildman–Crippen MR) is 80.9 cm³/mol. The van der Waals surface area contributed by atoms with Crippen molar-refractivity contribution in [3.05, 3.63) is 64.7 Å². The average Bonchev–Trinajstić information content (AvgIpc) is 2.53. The summed E-state index contributed by atoms with van der Waals surface area (Å²) in [7, 11) is 0. The number of non-ortho nitro benzene ring substituents is 1. The van der Waals surface area contributed by atoms with E-state index in [4.69, 9.17) is 9.47 Å². The molecule has 0 radical (unpaired) electrons. The minimum absolute atomic E-state index is 0.0156. The molecule has 2 aromatic rings. The molecule has 0 fully saturated rings. The Labute approximate surface area is 128 Å². The van der Waals surface area contributed by atoms with Crippen molar-refractivity contribution in [2.24, 2.45) is 0 Å². The van der Waals surface area contributed by atoms with E-state index >= 15 is 0 Å². The summed E-state index contributed by atoms with van der Waals surface area (Å²) in [5.41, 5.74) is -0.0156. The Balaban J connectivity index is 1.69. The van der Waals surface area contributed by atoms with Crippen LogP contribution in [0.15, 0.2) is 54.6 Å². The number of ether oxygens (including phenoxy) is 2. The Bertz CT molecular complexity index is 585. The maximum atomic E-state index is 10.5. The van der Waals surface area contributed by atoms with E-state index in [0.717, 1.165) is 5.75 Å². The van der Waals surface area contributed by atoms with Crippen molar-refractivity contribution < 1.29 is 19.5 Å². The van der Waals surface area contributed by atoms with Crippen molar-refractivity contribution in [3.63, 3.8) is 0 Å². The lowest BCUT2D eigenvalue weighted by Crippen LogP contribution is -2.16. The van der Waals surface area contributed by atoms with Crippen LogP contribution in [0.1, 0.15) is 12.8 Å². The summed E-state index contributed by atoms with van der Waals surface area (Å²) >= 11 is 0. The second-order valence-electron chi connectivity index (χ2n) is 4.63. The van der Waals surface area contributed by atoms with E-state index in [2.05, 4.69) is 0 Å². The van der Waals surface area contributed by atoms with Crippen LogP contribution in [0.5, 0.6) is 11.5 Å². The van der Waals surface area contributed by atoms with E-state index < -0.39 is 11.2 Å². The summed E-state index contributed by atoms with van der Waals surface area (Å²) < 4.78 is 10.8. The molecule has 2 rings (SSSR count). The predicted octanol–water partition coefficient (Wildman–Crippen LogP) is 3.15. The molecule has 1 atom stereocenters. The second-order valence-corrected chi connectivity index (χ2v) is 4.63. The number of aliphatic hydroxyl groups is 1. The summed E-state index contributed by atoms with van der Waals surface area (Å²) in [6.07, 6.45) is 0.0631. The molecule has 0 bridgehead atoms. The number of hydrogen-bond donors (Lipinski definition) is 1. The third-order valence-electron chi connectivity index (χ3n) is 2.93. The molecule has 0 amide bonds.